The van der Waals surface area contributed by atoms with E-state index in [-0.39, 0.29) is 18.6 Å². The molecule has 0 heterocycles. The Kier molecular flexibility index (Phi) is 3.18. The highest BCUT2D eigenvalue weighted by Crippen LogP contribution is 1.92. The van der Waals surface area contributed by atoms with E-state index in [1.165, 1.54) is 6.92 Å². The van der Waals surface area contributed by atoms with Crippen molar-refractivity contribution in [3.63, 3.8) is 0 Å². The van der Waals surface area contributed by atoms with Crippen LogP contribution in [0.3, 0.4) is 0 Å². The number of carbonyl (C=O) groups excluding carboxylic acids is 1. The van der Waals surface area contributed by atoms with Crippen molar-refractivity contribution in [2.24, 2.45) is 0 Å². The molecule has 11 heavy (non-hydrogen) atoms. The lowest BCUT2D eigenvalue weighted by Gasteiger charge is -2.00. The van der Waals surface area contributed by atoms with Gasteiger partial charge >= 0.3 is 11.9 Å². The van der Waals surface area contributed by atoms with Crippen molar-refractivity contribution >= 4 is 11.9 Å². The lowest BCUT2D eigenvalue weighted by Crippen LogP contribution is -2.09. The molecule has 1 N–H and O–H groups in total. The van der Waals surface area contributed by atoms with Gasteiger partial charge in [-0.2, -0.15) is 0 Å². The van der Waals surface area contributed by atoms with Gasteiger partial charge in [0.15, 0.2) is 0 Å². The van der Waals surface area contributed by atoms with Gasteiger partial charge in [-0.3, -0.25) is 4.79 Å². The van der Waals surface area contributed by atoms with E-state index in [1.54, 1.807) is 0 Å². The summed E-state index contributed by atoms with van der Waals surface area (Å²) in [5, 5.41) is 3.59. The molecule has 0 saturated heterocycles. The monoisotopic (exact) mass is 159 g/mol. The summed E-state index contributed by atoms with van der Waals surface area (Å²) in [4.78, 5) is 21.0. The van der Waals surface area contributed by atoms with Crippen LogP contribution in [0.5, 0.6) is 0 Å². The second-order valence-electron chi connectivity index (χ2n) is 2.04. The van der Waals surface area contributed by atoms with Crippen molar-refractivity contribution in [2.75, 3.05) is 6.61 Å². The summed E-state index contributed by atoms with van der Waals surface area (Å²) in [6, 6.07) is 0. The van der Waals surface area contributed by atoms with E-state index >= 15 is 0 Å². The van der Waals surface area contributed by atoms with Gasteiger partial charge < -0.3 is 9.85 Å². The fourth-order valence-corrected chi connectivity index (χ4v) is 0.350. The van der Waals surface area contributed by atoms with Crippen LogP contribution in [0.15, 0.2) is 12.2 Å². The van der Waals surface area contributed by atoms with Crippen molar-refractivity contribution in [3.05, 3.63) is 12.2 Å². The summed E-state index contributed by atoms with van der Waals surface area (Å²) >= 11 is 0. The summed E-state index contributed by atoms with van der Waals surface area (Å²) < 4.78 is 10.7. The molecule has 0 aromatic carbocycles. The standard InChI is InChI=1S/C7H10O4/c1-5(2)7(10)11-4-3-6(8)9/h1,3-4H2,2H3,(H,8,9)/i/hD. The Hall–Kier alpha value is -1.32. The Morgan fingerprint density at radius 2 is 2.36 bits per heavy atom. The van der Waals surface area contributed by atoms with Gasteiger partial charge in [-0.1, -0.05) is 6.58 Å². The normalized spacial score (nSPS) is 9.73. The van der Waals surface area contributed by atoms with Gasteiger partial charge in [-0.15, -0.1) is 0 Å². The van der Waals surface area contributed by atoms with Gasteiger partial charge in [-0.25, -0.2) is 4.79 Å². The number of carboxylic acid groups (broad SMARTS) is 1. The molecule has 0 aliphatic rings. The average Bonchev–Trinajstić information content (AvgIpc) is 2.03. The summed E-state index contributed by atoms with van der Waals surface area (Å²) in [7, 11) is 0. The number of carboxylic acids is 1. The van der Waals surface area contributed by atoms with E-state index in [0.717, 1.165) is 0 Å². The maximum atomic E-state index is 10.7. The first kappa shape index (κ1) is 7.78. The van der Waals surface area contributed by atoms with E-state index in [4.69, 9.17) is 1.43 Å². The smallest absolute Gasteiger partial charge is 0.333 e. The molecule has 0 aliphatic heterocycles. The first-order valence-electron chi connectivity index (χ1n) is 3.47. The molecule has 0 amide bonds. The highest BCUT2D eigenvalue weighted by molar-refractivity contribution is 5.87. The molecule has 0 aromatic heterocycles. The van der Waals surface area contributed by atoms with Crippen LogP contribution in [-0.2, 0) is 14.3 Å². The number of carbonyl (C=O) groups is 2. The number of ether oxygens (including phenoxy) is 1. The van der Waals surface area contributed by atoms with Gasteiger partial charge in [0.25, 0.3) is 1.43 Å². The Morgan fingerprint density at radius 3 is 2.82 bits per heavy atom. The molecular formula is C7H10O4. The molecule has 62 valence electrons. The number of esters is 1. The van der Waals surface area contributed by atoms with Gasteiger partial charge in [0.05, 0.1) is 6.42 Å². The Bertz CT molecular complexity index is 200. The third-order valence-electron chi connectivity index (χ3n) is 0.888. The topological polar surface area (TPSA) is 63.6 Å². The number of hydrogen-bond acceptors (Lipinski definition) is 4. The Morgan fingerprint density at radius 1 is 1.73 bits per heavy atom. The lowest BCUT2D eigenvalue weighted by atomic mass is 10.4. The van der Waals surface area contributed by atoms with Gasteiger partial charge in [0.1, 0.15) is 6.61 Å². The predicted octanol–water partition coefficient (Wildman–Crippen LogP) is 0.580. The zero-order chi connectivity index (χ0) is 9.56. The van der Waals surface area contributed by atoms with Crippen molar-refractivity contribution < 1.29 is 19.4 Å². The zero-order valence-corrected chi connectivity index (χ0v) is 6.25. The summed E-state index contributed by atoms with van der Waals surface area (Å²) in [5.41, 5.74) is 0.272. The van der Waals surface area contributed by atoms with Crippen molar-refractivity contribution in [1.82, 2.24) is 0 Å². The first-order chi connectivity index (χ1) is 5.57. The SMILES string of the molecule is [2H]OC(=O)CCOC(=O)C(=C)C. The van der Waals surface area contributed by atoms with Crippen LogP contribution in [-0.4, -0.2) is 23.7 Å². The maximum Gasteiger partial charge on any atom is 0.333 e. The van der Waals surface area contributed by atoms with E-state index < -0.39 is 11.9 Å². The lowest BCUT2D eigenvalue weighted by molar-refractivity contribution is -0.143. The highest BCUT2D eigenvalue weighted by atomic mass is 16.5. The Labute approximate surface area is 66.0 Å². The van der Waals surface area contributed by atoms with Gasteiger partial charge in [0, 0.05) is 5.57 Å². The zero-order valence-electron chi connectivity index (χ0n) is 7.25. The van der Waals surface area contributed by atoms with Crippen LogP contribution >= 0.6 is 0 Å². The van der Waals surface area contributed by atoms with Crippen LogP contribution < -0.4 is 0 Å². The quantitative estimate of drug-likeness (QED) is 0.481. The van der Waals surface area contributed by atoms with Crippen LogP contribution in [0, 0.1) is 0 Å². The fourth-order valence-electron chi connectivity index (χ4n) is 0.350. The minimum absolute atomic E-state index is 0.0800. The minimum atomic E-state index is -0.732. The van der Waals surface area contributed by atoms with Crippen molar-refractivity contribution in [2.45, 2.75) is 13.3 Å². The first-order valence-corrected chi connectivity index (χ1v) is 3.06. The minimum Gasteiger partial charge on any atom is -0.481 e. The van der Waals surface area contributed by atoms with Crippen LogP contribution in [0.2, 0.25) is 0 Å². The third kappa shape index (κ3) is 5.14. The molecule has 0 radical (unpaired) electrons. The molecular weight excluding hydrogens is 148 g/mol. The van der Waals surface area contributed by atoms with Crippen LogP contribution in [0.4, 0.5) is 0 Å². The molecule has 4 nitrogen and oxygen atoms in total. The van der Waals surface area contributed by atoms with Gasteiger partial charge in [0.2, 0.25) is 0 Å². The molecule has 0 saturated carbocycles. The average molecular weight is 159 g/mol. The molecule has 0 bridgehead atoms. The van der Waals surface area contributed by atoms with Gasteiger partial charge in [-0.05, 0) is 6.92 Å². The summed E-state index contributed by atoms with van der Waals surface area (Å²) in [5.74, 6) is -1.28. The molecule has 0 unspecified atom stereocenters. The second-order valence-corrected chi connectivity index (χ2v) is 2.04. The molecule has 0 aliphatic carbocycles. The van der Waals surface area contributed by atoms with Crippen molar-refractivity contribution in [1.29, 1.82) is 1.43 Å². The Balaban J connectivity index is 3.50. The number of hydrogen-bond donors (Lipinski definition) is 1. The maximum absolute atomic E-state index is 10.7. The number of rotatable bonds is 4. The molecule has 0 fully saturated rings. The predicted molar refractivity (Wildman–Crippen MR) is 38.0 cm³/mol. The summed E-state index contributed by atoms with van der Waals surface area (Å²) in [6.07, 6.45) is -0.109. The highest BCUT2D eigenvalue weighted by Gasteiger charge is 2.03. The van der Waals surface area contributed by atoms with Crippen LogP contribution in [0.1, 0.15) is 13.3 Å². The van der Waals surface area contributed by atoms with E-state index in [2.05, 4.69) is 16.4 Å². The van der Waals surface area contributed by atoms with Crippen LogP contribution in [0.25, 0.3) is 1.43 Å². The number of aliphatic carboxylic acids is 1. The third-order valence-corrected chi connectivity index (χ3v) is 0.888. The second kappa shape index (κ2) is 4.49. The van der Waals surface area contributed by atoms with E-state index in [9.17, 15) is 9.59 Å². The van der Waals surface area contributed by atoms with E-state index in [0.29, 0.717) is 0 Å². The molecule has 0 aromatic rings. The van der Waals surface area contributed by atoms with Crippen molar-refractivity contribution in [3.8, 4) is 0 Å². The summed E-state index contributed by atoms with van der Waals surface area (Å²) in [6.45, 7) is 4.77. The molecule has 0 spiro atoms. The molecule has 0 rings (SSSR count). The molecule has 4 heteroatoms. The fraction of sp³-hybridized carbons (Fsp3) is 0.429. The molecule has 0 atom stereocenters. The van der Waals surface area contributed by atoms with E-state index in [1.807, 2.05) is 0 Å². The largest absolute Gasteiger partial charge is 0.481 e.